The van der Waals surface area contributed by atoms with Gasteiger partial charge in [-0.2, -0.15) is 0 Å². The second-order valence-corrected chi connectivity index (χ2v) is 4.85. The third-order valence-electron chi connectivity index (χ3n) is 3.99. The summed E-state index contributed by atoms with van der Waals surface area (Å²) in [5.41, 5.74) is 3.39. The number of rotatable bonds is 1. The molecule has 1 heterocycles. The second-order valence-electron chi connectivity index (χ2n) is 4.85. The van der Waals surface area contributed by atoms with Crippen molar-refractivity contribution in [3.05, 3.63) is 35.3 Å². The molecule has 90 valence electrons. The summed E-state index contributed by atoms with van der Waals surface area (Å²) < 4.78 is 15.9. The number of hydrogen-bond acceptors (Lipinski definition) is 1. The largest absolute Gasteiger partial charge is 0.345 e. The van der Waals surface area contributed by atoms with Crippen molar-refractivity contribution >= 4 is 10.9 Å². The van der Waals surface area contributed by atoms with Crippen LogP contribution in [0.25, 0.3) is 10.9 Å². The average molecular weight is 232 g/mol. The molecule has 17 heavy (non-hydrogen) atoms. The maximum absolute atomic E-state index is 13.9. The van der Waals surface area contributed by atoms with Crippen LogP contribution < -0.4 is 5.32 Å². The van der Waals surface area contributed by atoms with Crippen molar-refractivity contribution < 1.29 is 4.39 Å². The number of aromatic nitrogens is 1. The molecule has 0 fully saturated rings. The van der Waals surface area contributed by atoms with Gasteiger partial charge in [-0.15, -0.1) is 0 Å². The maximum Gasteiger partial charge on any atom is 0.147 e. The second kappa shape index (κ2) is 3.84. The molecule has 0 saturated carbocycles. The Labute approximate surface area is 100 Å². The minimum atomic E-state index is -0.111. The topological polar surface area (TPSA) is 17.0 Å². The lowest BCUT2D eigenvalue weighted by atomic mass is 9.92. The Hall–Kier alpha value is -1.35. The maximum atomic E-state index is 13.9. The molecule has 0 radical (unpaired) electrons. The standard InChI is InChI=1S/C14H17FN2/c1-16-9-6-7-10-11-4-3-5-12(15)14(11)17(2)13(10)8-9/h3-5,9,16H,6-8H2,1-2H3. The molecule has 1 aliphatic carbocycles. The first-order chi connectivity index (χ1) is 8.22. The fourth-order valence-electron chi connectivity index (χ4n) is 3.03. The summed E-state index contributed by atoms with van der Waals surface area (Å²) in [6, 6.07) is 5.91. The minimum absolute atomic E-state index is 0.111. The highest BCUT2D eigenvalue weighted by atomic mass is 19.1. The highest BCUT2D eigenvalue weighted by Gasteiger charge is 2.24. The van der Waals surface area contributed by atoms with Gasteiger partial charge in [-0.25, -0.2) is 4.39 Å². The van der Waals surface area contributed by atoms with Gasteiger partial charge >= 0.3 is 0 Å². The number of nitrogens with zero attached hydrogens (tertiary/aromatic N) is 1. The normalized spacial score (nSPS) is 19.6. The Kier molecular flexibility index (Phi) is 2.44. The van der Waals surface area contributed by atoms with Crippen molar-refractivity contribution in [1.82, 2.24) is 9.88 Å². The molecular weight excluding hydrogens is 215 g/mol. The Morgan fingerprint density at radius 1 is 1.41 bits per heavy atom. The summed E-state index contributed by atoms with van der Waals surface area (Å²) in [6.45, 7) is 0. The lowest BCUT2D eigenvalue weighted by molar-refractivity contribution is 0.484. The molecule has 1 N–H and O–H groups in total. The SMILES string of the molecule is CNC1CCc2c(n(C)c3c(F)cccc23)C1. The molecule has 1 aromatic carbocycles. The predicted octanol–water partition coefficient (Wildman–Crippen LogP) is 2.39. The monoisotopic (exact) mass is 232 g/mol. The van der Waals surface area contributed by atoms with E-state index in [-0.39, 0.29) is 5.82 Å². The van der Waals surface area contributed by atoms with Crippen LogP contribution in [0.3, 0.4) is 0 Å². The van der Waals surface area contributed by atoms with Gasteiger partial charge in [0.2, 0.25) is 0 Å². The number of fused-ring (bicyclic) bond motifs is 3. The van der Waals surface area contributed by atoms with Crippen LogP contribution in [0.1, 0.15) is 17.7 Å². The first-order valence-electron chi connectivity index (χ1n) is 6.14. The average Bonchev–Trinajstić information content (AvgIpc) is 2.64. The number of aryl methyl sites for hydroxylation is 2. The van der Waals surface area contributed by atoms with E-state index in [9.17, 15) is 4.39 Å². The van der Waals surface area contributed by atoms with E-state index in [4.69, 9.17) is 0 Å². The van der Waals surface area contributed by atoms with Gasteiger partial charge in [-0.3, -0.25) is 0 Å². The first-order valence-corrected chi connectivity index (χ1v) is 6.14. The molecule has 1 atom stereocenters. The Morgan fingerprint density at radius 2 is 2.24 bits per heavy atom. The number of hydrogen-bond donors (Lipinski definition) is 1. The van der Waals surface area contributed by atoms with E-state index in [0.29, 0.717) is 6.04 Å². The zero-order valence-electron chi connectivity index (χ0n) is 10.3. The molecule has 0 spiro atoms. The van der Waals surface area contributed by atoms with Crippen LogP contribution in [0.5, 0.6) is 0 Å². The molecule has 0 saturated heterocycles. The van der Waals surface area contributed by atoms with Crippen molar-refractivity contribution in [2.75, 3.05) is 7.05 Å². The number of likely N-dealkylation sites (N-methyl/N-ethyl adjacent to an activating group) is 1. The van der Waals surface area contributed by atoms with E-state index in [1.54, 1.807) is 6.07 Å². The smallest absolute Gasteiger partial charge is 0.147 e. The van der Waals surface area contributed by atoms with Gasteiger partial charge in [0.1, 0.15) is 5.82 Å². The molecule has 0 bridgehead atoms. The summed E-state index contributed by atoms with van der Waals surface area (Å²) >= 11 is 0. The third-order valence-corrected chi connectivity index (χ3v) is 3.99. The molecule has 2 aromatic rings. The molecule has 3 rings (SSSR count). The summed E-state index contributed by atoms with van der Waals surface area (Å²) in [4.78, 5) is 0. The lowest BCUT2D eigenvalue weighted by Gasteiger charge is -2.23. The molecule has 0 amide bonds. The number of nitrogens with one attached hydrogen (secondary N) is 1. The molecule has 2 nitrogen and oxygen atoms in total. The van der Waals surface area contributed by atoms with Crippen molar-refractivity contribution in [3.8, 4) is 0 Å². The molecule has 1 aliphatic rings. The quantitative estimate of drug-likeness (QED) is 0.799. The third kappa shape index (κ3) is 1.49. The van der Waals surface area contributed by atoms with Crippen LogP contribution in [0.4, 0.5) is 4.39 Å². The van der Waals surface area contributed by atoms with Gasteiger partial charge in [-0.1, -0.05) is 12.1 Å². The van der Waals surface area contributed by atoms with Crippen LogP contribution in [-0.2, 0) is 19.9 Å². The van der Waals surface area contributed by atoms with Crippen LogP contribution in [0.15, 0.2) is 18.2 Å². The predicted molar refractivity (Wildman–Crippen MR) is 67.7 cm³/mol. The molecular formula is C14H17FN2. The summed E-state index contributed by atoms with van der Waals surface area (Å²) in [5.74, 6) is -0.111. The Morgan fingerprint density at radius 3 is 3.00 bits per heavy atom. The zero-order valence-corrected chi connectivity index (χ0v) is 10.3. The Bertz CT molecular complexity index is 571. The van der Waals surface area contributed by atoms with Crippen LogP contribution in [0.2, 0.25) is 0 Å². The number of para-hydroxylation sites is 1. The summed E-state index contributed by atoms with van der Waals surface area (Å²) in [7, 11) is 3.97. The lowest BCUT2D eigenvalue weighted by Crippen LogP contribution is -2.32. The Balaban J connectivity index is 2.25. The van der Waals surface area contributed by atoms with Gasteiger partial charge in [-0.05, 0) is 31.5 Å². The van der Waals surface area contributed by atoms with E-state index < -0.39 is 0 Å². The van der Waals surface area contributed by atoms with E-state index in [1.165, 1.54) is 11.3 Å². The highest BCUT2D eigenvalue weighted by molar-refractivity contribution is 5.86. The van der Waals surface area contributed by atoms with Crippen LogP contribution >= 0.6 is 0 Å². The van der Waals surface area contributed by atoms with Gasteiger partial charge < -0.3 is 9.88 Å². The summed E-state index contributed by atoms with van der Waals surface area (Å²) in [6.07, 6.45) is 3.18. The van der Waals surface area contributed by atoms with E-state index in [0.717, 1.165) is 30.2 Å². The first kappa shape index (κ1) is 10.8. The highest BCUT2D eigenvalue weighted by Crippen LogP contribution is 2.32. The van der Waals surface area contributed by atoms with Crippen LogP contribution in [-0.4, -0.2) is 17.7 Å². The molecule has 0 aliphatic heterocycles. The minimum Gasteiger partial charge on any atom is -0.345 e. The van der Waals surface area contributed by atoms with E-state index >= 15 is 0 Å². The summed E-state index contributed by atoms with van der Waals surface area (Å²) in [5, 5.41) is 4.42. The fraction of sp³-hybridized carbons (Fsp3) is 0.429. The fourth-order valence-corrected chi connectivity index (χ4v) is 3.03. The van der Waals surface area contributed by atoms with Gasteiger partial charge in [0.05, 0.1) is 5.52 Å². The van der Waals surface area contributed by atoms with Crippen molar-refractivity contribution in [2.24, 2.45) is 7.05 Å². The van der Waals surface area contributed by atoms with Gasteiger partial charge in [0.25, 0.3) is 0 Å². The molecule has 3 heteroatoms. The van der Waals surface area contributed by atoms with E-state index in [1.807, 2.05) is 30.8 Å². The number of halogens is 1. The van der Waals surface area contributed by atoms with E-state index in [2.05, 4.69) is 5.32 Å². The number of benzene rings is 1. The zero-order chi connectivity index (χ0) is 12.0. The van der Waals surface area contributed by atoms with Crippen LogP contribution in [0, 0.1) is 5.82 Å². The van der Waals surface area contributed by atoms with Crippen molar-refractivity contribution in [1.29, 1.82) is 0 Å². The molecule has 1 unspecified atom stereocenters. The molecule has 1 aromatic heterocycles. The van der Waals surface area contributed by atoms with Gasteiger partial charge in [0.15, 0.2) is 0 Å². The van der Waals surface area contributed by atoms with Crippen molar-refractivity contribution in [3.63, 3.8) is 0 Å². The van der Waals surface area contributed by atoms with Crippen molar-refractivity contribution in [2.45, 2.75) is 25.3 Å². The van der Waals surface area contributed by atoms with Gasteiger partial charge in [0, 0.05) is 30.6 Å².